The minimum absolute atomic E-state index is 0.0746. The molecule has 0 aliphatic carbocycles. The molecule has 0 atom stereocenters. The summed E-state index contributed by atoms with van der Waals surface area (Å²) in [6.45, 7) is 8.09. The number of benzene rings is 1. The molecule has 2 aromatic rings. The third kappa shape index (κ3) is 3.29. The van der Waals surface area contributed by atoms with E-state index in [4.69, 9.17) is 0 Å². The first-order valence-electron chi connectivity index (χ1n) is 7.31. The molecule has 0 amide bonds. The Labute approximate surface area is 125 Å². The Morgan fingerprint density at radius 1 is 1.14 bits per heavy atom. The molecule has 3 rings (SSSR count). The lowest BCUT2D eigenvalue weighted by Gasteiger charge is -2.29. The normalized spacial score (nSPS) is 14.7. The van der Waals surface area contributed by atoms with Crippen LogP contribution >= 0.6 is 0 Å². The molecule has 1 aliphatic heterocycles. The summed E-state index contributed by atoms with van der Waals surface area (Å²) in [6, 6.07) is 8.58. The van der Waals surface area contributed by atoms with Crippen LogP contribution in [-0.4, -0.2) is 27.3 Å². The predicted octanol–water partition coefficient (Wildman–Crippen LogP) is 2.64. The van der Waals surface area contributed by atoms with Gasteiger partial charge in [-0.3, -0.25) is 0 Å². The predicted molar refractivity (Wildman–Crippen MR) is 84.4 cm³/mol. The molecular weight excluding hydrogens is 262 g/mol. The number of anilines is 2. The van der Waals surface area contributed by atoms with E-state index in [0.29, 0.717) is 5.95 Å². The van der Waals surface area contributed by atoms with Gasteiger partial charge in [-0.1, -0.05) is 24.3 Å². The maximum atomic E-state index is 4.60. The molecule has 0 fully saturated rings. The number of nitrogens with zero attached hydrogens (tertiary/aromatic N) is 4. The van der Waals surface area contributed by atoms with Crippen LogP contribution in [0.2, 0.25) is 0 Å². The van der Waals surface area contributed by atoms with Crippen LogP contribution in [-0.2, 0) is 13.0 Å². The molecular formula is C16H21N5. The second-order valence-corrected chi connectivity index (χ2v) is 6.45. The van der Waals surface area contributed by atoms with Gasteiger partial charge in [-0.25, -0.2) is 0 Å². The van der Waals surface area contributed by atoms with Gasteiger partial charge < -0.3 is 10.2 Å². The van der Waals surface area contributed by atoms with E-state index in [9.17, 15) is 0 Å². The van der Waals surface area contributed by atoms with Gasteiger partial charge in [-0.15, -0.1) is 5.10 Å². The monoisotopic (exact) mass is 283 g/mol. The molecule has 0 radical (unpaired) electrons. The zero-order valence-electron chi connectivity index (χ0n) is 12.8. The van der Waals surface area contributed by atoms with Crippen LogP contribution in [0.25, 0.3) is 0 Å². The fourth-order valence-electron chi connectivity index (χ4n) is 2.53. The summed E-state index contributed by atoms with van der Waals surface area (Å²) in [6.07, 6.45) is 2.78. The van der Waals surface area contributed by atoms with Gasteiger partial charge in [0.2, 0.25) is 5.95 Å². The lowest BCUT2D eigenvalue weighted by molar-refractivity contribution is 0.621. The van der Waals surface area contributed by atoms with Crippen molar-refractivity contribution in [3.63, 3.8) is 0 Å². The highest BCUT2D eigenvalue weighted by atomic mass is 15.3. The molecule has 0 bridgehead atoms. The average Bonchev–Trinajstić information content (AvgIpc) is 2.45. The summed E-state index contributed by atoms with van der Waals surface area (Å²) in [5.74, 6) is 1.46. The minimum Gasteiger partial charge on any atom is -0.350 e. The topological polar surface area (TPSA) is 53.9 Å². The van der Waals surface area contributed by atoms with Gasteiger partial charge in [-0.05, 0) is 38.3 Å². The summed E-state index contributed by atoms with van der Waals surface area (Å²) < 4.78 is 0. The summed E-state index contributed by atoms with van der Waals surface area (Å²) in [5.41, 5.74) is 2.73. The molecule has 110 valence electrons. The van der Waals surface area contributed by atoms with Crippen molar-refractivity contribution in [2.75, 3.05) is 16.8 Å². The molecule has 1 aliphatic rings. The lowest BCUT2D eigenvalue weighted by Crippen LogP contribution is -2.32. The maximum absolute atomic E-state index is 4.60. The van der Waals surface area contributed by atoms with E-state index < -0.39 is 0 Å². The van der Waals surface area contributed by atoms with Crippen LogP contribution in [0.4, 0.5) is 11.8 Å². The van der Waals surface area contributed by atoms with Crippen molar-refractivity contribution in [3.05, 3.63) is 41.6 Å². The van der Waals surface area contributed by atoms with Crippen LogP contribution in [0.15, 0.2) is 30.5 Å². The van der Waals surface area contributed by atoms with Crippen molar-refractivity contribution in [1.29, 1.82) is 0 Å². The van der Waals surface area contributed by atoms with E-state index in [0.717, 1.165) is 25.3 Å². The molecule has 1 aromatic carbocycles. The fraction of sp³-hybridized carbons (Fsp3) is 0.438. The Balaban J connectivity index is 1.81. The summed E-state index contributed by atoms with van der Waals surface area (Å²) >= 11 is 0. The van der Waals surface area contributed by atoms with Gasteiger partial charge >= 0.3 is 0 Å². The summed E-state index contributed by atoms with van der Waals surface area (Å²) in [5, 5.41) is 11.4. The first-order valence-corrected chi connectivity index (χ1v) is 7.31. The van der Waals surface area contributed by atoms with Crippen molar-refractivity contribution in [2.45, 2.75) is 39.3 Å². The standard InChI is InChI=1S/C16H21N5/c1-16(2,3)19-15-18-14(10-17-20-15)21-9-8-12-6-4-5-7-13(12)11-21/h4-7,10H,8-9,11H2,1-3H3,(H,18,19,20). The Kier molecular flexibility index (Phi) is 3.49. The molecule has 1 N–H and O–H groups in total. The van der Waals surface area contributed by atoms with Crippen LogP contribution in [0.3, 0.4) is 0 Å². The average molecular weight is 283 g/mol. The first kappa shape index (κ1) is 13.8. The number of hydrogen-bond donors (Lipinski definition) is 1. The molecule has 0 unspecified atom stereocenters. The second-order valence-electron chi connectivity index (χ2n) is 6.45. The highest BCUT2D eigenvalue weighted by Gasteiger charge is 2.19. The van der Waals surface area contributed by atoms with Gasteiger partial charge in [0.1, 0.15) is 0 Å². The van der Waals surface area contributed by atoms with Crippen molar-refractivity contribution in [3.8, 4) is 0 Å². The van der Waals surface area contributed by atoms with Gasteiger partial charge in [0.05, 0.1) is 6.20 Å². The molecule has 0 saturated heterocycles. The van der Waals surface area contributed by atoms with E-state index in [2.05, 4.69) is 70.4 Å². The molecule has 2 heterocycles. The zero-order valence-corrected chi connectivity index (χ0v) is 12.8. The van der Waals surface area contributed by atoms with Gasteiger partial charge in [0.15, 0.2) is 5.82 Å². The van der Waals surface area contributed by atoms with Crippen molar-refractivity contribution in [1.82, 2.24) is 15.2 Å². The molecule has 21 heavy (non-hydrogen) atoms. The quantitative estimate of drug-likeness (QED) is 0.918. The van der Waals surface area contributed by atoms with E-state index in [-0.39, 0.29) is 5.54 Å². The Morgan fingerprint density at radius 3 is 2.67 bits per heavy atom. The minimum atomic E-state index is -0.0746. The molecule has 0 saturated carbocycles. The van der Waals surface area contributed by atoms with E-state index in [1.807, 2.05) is 0 Å². The number of hydrogen-bond acceptors (Lipinski definition) is 5. The maximum Gasteiger partial charge on any atom is 0.245 e. The van der Waals surface area contributed by atoms with Crippen molar-refractivity contribution in [2.24, 2.45) is 0 Å². The zero-order chi connectivity index (χ0) is 14.9. The van der Waals surface area contributed by atoms with Gasteiger partial charge in [0, 0.05) is 18.6 Å². The highest BCUT2D eigenvalue weighted by Crippen LogP contribution is 2.23. The molecule has 0 spiro atoms. The summed E-state index contributed by atoms with van der Waals surface area (Å²) in [4.78, 5) is 6.85. The molecule has 5 heteroatoms. The number of rotatable bonds is 2. The van der Waals surface area contributed by atoms with E-state index in [1.54, 1.807) is 6.20 Å². The Bertz CT molecular complexity index is 633. The third-order valence-corrected chi connectivity index (χ3v) is 3.49. The van der Waals surface area contributed by atoms with Crippen LogP contribution in [0.1, 0.15) is 31.9 Å². The largest absolute Gasteiger partial charge is 0.350 e. The molecule has 1 aromatic heterocycles. The van der Waals surface area contributed by atoms with Crippen molar-refractivity contribution < 1.29 is 0 Å². The fourth-order valence-corrected chi connectivity index (χ4v) is 2.53. The number of aromatic nitrogens is 3. The smallest absolute Gasteiger partial charge is 0.245 e. The summed E-state index contributed by atoms with van der Waals surface area (Å²) in [7, 11) is 0. The van der Waals surface area contributed by atoms with Crippen molar-refractivity contribution >= 4 is 11.8 Å². The molecule has 5 nitrogen and oxygen atoms in total. The first-order chi connectivity index (χ1) is 10.0. The van der Waals surface area contributed by atoms with Gasteiger partial charge in [0.25, 0.3) is 0 Å². The SMILES string of the molecule is CC(C)(C)Nc1nncc(N2CCc3ccccc3C2)n1. The number of fused-ring (bicyclic) bond motifs is 1. The van der Waals surface area contributed by atoms with E-state index >= 15 is 0 Å². The highest BCUT2D eigenvalue weighted by molar-refractivity contribution is 5.45. The van der Waals surface area contributed by atoms with Crippen LogP contribution < -0.4 is 10.2 Å². The van der Waals surface area contributed by atoms with Crippen LogP contribution in [0, 0.1) is 0 Å². The van der Waals surface area contributed by atoms with E-state index in [1.165, 1.54) is 11.1 Å². The van der Waals surface area contributed by atoms with Crippen LogP contribution in [0.5, 0.6) is 0 Å². The number of nitrogens with one attached hydrogen (secondary N) is 1. The Hall–Kier alpha value is -2.17. The third-order valence-electron chi connectivity index (χ3n) is 3.49. The second kappa shape index (κ2) is 5.31. The Morgan fingerprint density at radius 2 is 1.90 bits per heavy atom. The lowest BCUT2D eigenvalue weighted by atomic mass is 10.0. The van der Waals surface area contributed by atoms with Gasteiger partial charge in [-0.2, -0.15) is 10.1 Å².